The number of fused-ring (bicyclic) bond motifs is 1. The molecular formula is C18H19N3O. The van der Waals surface area contributed by atoms with Crippen LogP contribution in [-0.4, -0.2) is 22.4 Å². The van der Waals surface area contributed by atoms with Crippen molar-refractivity contribution in [2.24, 2.45) is 0 Å². The first-order valence-electron chi connectivity index (χ1n) is 7.54. The largest absolute Gasteiger partial charge is 0.361 e. The summed E-state index contributed by atoms with van der Waals surface area (Å²) in [6.45, 7) is 0.656. The lowest BCUT2D eigenvalue weighted by molar-refractivity contribution is -0.121. The molecule has 1 amide bonds. The van der Waals surface area contributed by atoms with Crippen molar-refractivity contribution in [3.63, 3.8) is 0 Å². The summed E-state index contributed by atoms with van der Waals surface area (Å²) in [4.78, 5) is 19.3. The van der Waals surface area contributed by atoms with Crippen molar-refractivity contribution in [1.29, 1.82) is 0 Å². The number of carbonyl (C=O) groups excluding carboxylic acids is 1. The van der Waals surface area contributed by atoms with Crippen molar-refractivity contribution in [1.82, 2.24) is 15.3 Å². The molecule has 2 heterocycles. The molecule has 0 bridgehead atoms. The summed E-state index contributed by atoms with van der Waals surface area (Å²) in [6.07, 6.45) is 5.76. The fourth-order valence-electron chi connectivity index (χ4n) is 2.55. The highest BCUT2D eigenvalue weighted by Crippen LogP contribution is 2.17. The Morgan fingerprint density at radius 3 is 2.82 bits per heavy atom. The van der Waals surface area contributed by atoms with Gasteiger partial charge in [-0.3, -0.25) is 9.78 Å². The number of hydrogen-bond acceptors (Lipinski definition) is 2. The molecule has 0 aliphatic heterocycles. The average molecular weight is 293 g/mol. The van der Waals surface area contributed by atoms with Gasteiger partial charge in [0.2, 0.25) is 5.91 Å². The minimum absolute atomic E-state index is 0.0745. The molecule has 3 aromatic rings. The number of aromatic amines is 1. The van der Waals surface area contributed by atoms with Crippen LogP contribution in [0.3, 0.4) is 0 Å². The maximum absolute atomic E-state index is 11.9. The molecule has 0 saturated carbocycles. The Kier molecular flexibility index (Phi) is 4.49. The van der Waals surface area contributed by atoms with E-state index in [1.54, 1.807) is 6.20 Å². The van der Waals surface area contributed by atoms with Crippen LogP contribution >= 0.6 is 0 Å². The Bertz CT molecular complexity index is 749. The number of H-pyrrole nitrogens is 1. The van der Waals surface area contributed by atoms with Crippen LogP contribution in [0.2, 0.25) is 0 Å². The lowest BCUT2D eigenvalue weighted by atomic mass is 10.1. The van der Waals surface area contributed by atoms with Gasteiger partial charge in [-0.1, -0.05) is 24.3 Å². The van der Waals surface area contributed by atoms with Gasteiger partial charge in [-0.2, -0.15) is 0 Å². The fraction of sp³-hybridized carbons (Fsp3) is 0.222. The standard InChI is InChI=1S/C18H19N3O/c22-18(9-8-15-5-3-4-11-19-15)20-12-10-14-13-21-17-7-2-1-6-16(14)17/h1-7,11,13,21H,8-10,12H2,(H,20,22). The number of benzene rings is 1. The molecule has 0 radical (unpaired) electrons. The predicted molar refractivity (Wildman–Crippen MR) is 87.6 cm³/mol. The highest BCUT2D eigenvalue weighted by molar-refractivity contribution is 5.83. The molecule has 0 atom stereocenters. The highest BCUT2D eigenvalue weighted by Gasteiger charge is 2.05. The molecule has 0 unspecified atom stereocenters. The molecule has 22 heavy (non-hydrogen) atoms. The number of aromatic nitrogens is 2. The van der Waals surface area contributed by atoms with E-state index in [1.807, 2.05) is 36.5 Å². The van der Waals surface area contributed by atoms with Gasteiger partial charge in [-0.15, -0.1) is 0 Å². The first-order chi connectivity index (χ1) is 10.8. The molecule has 112 valence electrons. The number of nitrogens with zero attached hydrogens (tertiary/aromatic N) is 1. The molecule has 1 aromatic carbocycles. The molecule has 0 saturated heterocycles. The monoisotopic (exact) mass is 293 g/mol. The van der Waals surface area contributed by atoms with Crippen LogP contribution in [0.1, 0.15) is 17.7 Å². The third kappa shape index (κ3) is 3.52. The number of aryl methyl sites for hydroxylation is 1. The summed E-state index contributed by atoms with van der Waals surface area (Å²) in [7, 11) is 0. The van der Waals surface area contributed by atoms with Crippen LogP contribution in [-0.2, 0) is 17.6 Å². The summed E-state index contributed by atoms with van der Waals surface area (Å²) in [5, 5.41) is 4.20. The summed E-state index contributed by atoms with van der Waals surface area (Å²) in [6, 6.07) is 14.0. The van der Waals surface area contributed by atoms with Gasteiger partial charge in [0.05, 0.1) is 0 Å². The minimum Gasteiger partial charge on any atom is -0.361 e. The number of para-hydroxylation sites is 1. The van der Waals surface area contributed by atoms with Crippen molar-refractivity contribution in [3.05, 3.63) is 66.1 Å². The van der Waals surface area contributed by atoms with Crippen LogP contribution in [0.15, 0.2) is 54.9 Å². The van der Waals surface area contributed by atoms with E-state index in [9.17, 15) is 4.79 Å². The van der Waals surface area contributed by atoms with E-state index in [1.165, 1.54) is 10.9 Å². The van der Waals surface area contributed by atoms with Crippen LogP contribution in [0.25, 0.3) is 10.9 Å². The smallest absolute Gasteiger partial charge is 0.220 e. The molecule has 0 aliphatic carbocycles. The third-order valence-corrected chi connectivity index (χ3v) is 3.73. The van der Waals surface area contributed by atoms with Crippen molar-refractivity contribution in [2.45, 2.75) is 19.3 Å². The quantitative estimate of drug-likeness (QED) is 0.734. The molecule has 0 aliphatic rings. The Hall–Kier alpha value is -2.62. The summed E-state index contributed by atoms with van der Waals surface area (Å²) in [5.41, 5.74) is 3.33. The Morgan fingerprint density at radius 1 is 1.09 bits per heavy atom. The lowest BCUT2D eigenvalue weighted by Gasteiger charge is -2.05. The Morgan fingerprint density at radius 2 is 1.95 bits per heavy atom. The number of amides is 1. The second-order valence-corrected chi connectivity index (χ2v) is 5.28. The van der Waals surface area contributed by atoms with Crippen molar-refractivity contribution < 1.29 is 4.79 Å². The Balaban J connectivity index is 1.45. The number of carbonyl (C=O) groups is 1. The predicted octanol–water partition coefficient (Wildman–Crippen LogP) is 2.85. The van der Waals surface area contributed by atoms with Crippen molar-refractivity contribution >= 4 is 16.8 Å². The average Bonchev–Trinajstić information content (AvgIpc) is 2.97. The van der Waals surface area contributed by atoms with Crippen LogP contribution in [0, 0.1) is 0 Å². The zero-order valence-electron chi connectivity index (χ0n) is 12.4. The van der Waals surface area contributed by atoms with Crippen molar-refractivity contribution in [2.75, 3.05) is 6.54 Å². The summed E-state index contributed by atoms with van der Waals surface area (Å²) < 4.78 is 0. The van der Waals surface area contributed by atoms with E-state index in [0.29, 0.717) is 19.4 Å². The number of nitrogens with one attached hydrogen (secondary N) is 2. The molecule has 2 N–H and O–H groups in total. The van der Waals surface area contributed by atoms with E-state index >= 15 is 0 Å². The van der Waals surface area contributed by atoms with Crippen molar-refractivity contribution in [3.8, 4) is 0 Å². The molecule has 0 spiro atoms. The topological polar surface area (TPSA) is 57.8 Å². The van der Waals surface area contributed by atoms with E-state index < -0.39 is 0 Å². The zero-order valence-corrected chi connectivity index (χ0v) is 12.4. The molecule has 3 rings (SSSR count). The summed E-state index contributed by atoms with van der Waals surface area (Å²) >= 11 is 0. The van der Waals surface area contributed by atoms with Gasteiger partial charge in [0.1, 0.15) is 0 Å². The van der Waals surface area contributed by atoms with Gasteiger partial charge < -0.3 is 10.3 Å². The normalized spacial score (nSPS) is 10.7. The number of pyridine rings is 1. The first kappa shape index (κ1) is 14.3. The van der Waals surface area contributed by atoms with Gasteiger partial charge >= 0.3 is 0 Å². The molecule has 2 aromatic heterocycles. The van der Waals surface area contributed by atoms with Gasteiger partial charge in [-0.25, -0.2) is 0 Å². The van der Waals surface area contributed by atoms with Gasteiger partial charge in [-0.05, 0) is 36.6 Å². The zero-order chi connectivity index (χ0) is 15.2. The van der Waals surface area contributed by atoms with E-state index in [2.05, 4.69) is 27.4 Å². The molecule has 4 nitrogen and oxygen atoms in total. The highest BCUT2D eigenvalue weighted by atomic mass is 16.1. The van der Waals surface area contributed by atoms with E-state index in [4.69, 9.17) is 0 Å². The SMILES string of the molecule is O=C(CCc1ccccn1)NCCc1c[nH]c2ccccc12. The second kappa shape index (κ2) is 6.89. The third-order valence-electron chi connectivity index (χ3n) is 3.73. The summed E-state index contributed by atoms with van der Waals surface area (Å²) in [5.74, 6) is 0.0745. The van der Waals surface area contributed by atoms with Gasteiger partial charge in [0.15, 0.2) is 0 Å². The number of rotatable bonds is 6. The maximum Gasteiger partial charge on any atom is 0.220 e. The maximum atomic E-state index is 11.9. The van der Waals surface area contributed by atoms with Crippen LogP contribution in [0.4, 0.5) is 0 Å². The van der Waals surface area contributed by atoms with Crippen LogP contribution in [0.5, 0.6) is 0 Å². The van der Waals surface area contributed by atoms with E-state index in [0.717, 1.165) is 17.6 Å². The van der Waals surface area contributed by atoms with E-state index in [-0.39, 0.29) is 5.91 Å². The lowest BCUT2D eigenvalue weighted by Crippen LogP contribution is -2.25. The Labute approximate surface area is 129 Å². The molecule has 0 fully saturated rings. The number of hydrogen-bond donors (Lipinski definition) is 2. The fourth-order valence-corrected chi connectivity index (χ4v) is 2.55. The van der Waals surface area contributed by atoms with Gasteiger partial charge in [0.25, 0.3) is 0 Å². The second-order valence-electron chi connectivity index (χ2n) is 5.28. The molecule has 4 heteroatoms. The minimum atomic E-state index is 0.0745. The molecular weight excluding hydrogens is 274 g/mol. The van der Waals surface area contributed by atoms with Crippen LogP contribution < -0.4 is 5.32 Å². The van der Waals surface area contributed by atoms with Gasteiger partial charge in [0, 0.05) is 42.0 Å². The first-order valence-corrected chi connectivity index (χ1v) is 7.54.